The van der Waals surface area contributed by atoms with E-state index in [0.29, 0.717) is 31.0 Å². The molecule has 2 aliphatic rings. The Morgan fingerprint density at radius 1 is 1.10 bits per heavy atom. The van der Waals surface area contributed by atoms with E-state index in [4.69, 9.17) is 20.8 Å². The van der Waals surface area contributed by atoms with Crippen molar-refractivity contribution in [2.24, 2.45) is 5.73 Å². The van der Waals surface area contributed by atoms with Crippen LogP contribution in [-0.2, 0) is 4.74 Å². The van der Waals surface area contributed by atoms with E-state index in [1.807, 2.05) is 30.3 Å². The van der Waals surface area contributed by atoms with Crippen LogP contribution in [0.2, 0.25) is 0 Å². The number of likely N-dealkylation sites (tertiary alicyclic amines) is 1. The summed E-state index contributed by atoms with van der Waals surface area (Å²) in [4.78, 5) is 17.4. The Balaban J connectivity index is 1.43. The number of carbonyl (C=O) groups excluding carboxylic acids is 1. The maximum Gasteiger partial charge on any atom is 0.274 e. The highest BCUT2D eigenvalue weighted by Gasteiger charge is 2.26. The second kappa shape index (κ2) is 11.9. The lowest BCUT2D eigenvalue weighted by atomic mass is 10.1. The molecule has 2 aliphatic heterocycles. The molecular formula is C29H33FN6O3. The van der Waals surface area contributed by atoms with Gasteiger partial charge in [-0.1, -0.05) is 6.07 Å². The first-order chi connectivity index (χ1) is 19.0. The third-order valence-electron chi connectivity index (χ3n) is 7.41. The summed E-state index contributed by atoms with van der Waals surface area (Å²) in [5.74, 6) is -0.832. The van der Waals surface area contributed by atoms with Gasteiger partial charge in [0.05, 0.1) is 36.3 Å². The molecule has 3 heterocycles. The van der Waals surface area contributed by atoms with Gasteiger partial charge in [-0.25, -0.2) is 9.07 Å². The molecule has 3 N–H and O–H groups in total. The van der Waals surface area contributed by atoms with Gasteiger partial charge in [-0.3, -0.25) is 4.79 Å². The van der Waals surface area contributed by atoms with Crippen molar-refractivity contribution in [2.45, 2.75) is 37.8 Å². The second-order valence-corrected chi connectivity index (χ2v) is 10.1. The van der Waals surface area contributed by atoms with Crippen LogP contribution in [0.25, 0.3) is 16.9 Å². The minimum Gasteiger partial charge on any atom is -0.394 e. The molecule has 39 heavy (non-hydrogen) atoms. The smallest absolute Gasteiger partial charge is 0.274 e. The Morgan fingerprint density at radius 3 is 2.51 bits per heavy atom. The van der Waals surface area contributed by atoms with Crippen LogP contribution in [0.4, 0.5) is 10.1 Å². The highest BCUT2D eigenvalue weighted by Crippen LogP contribution is 2.29. The van der Waals surface area contributed by atoms with Gasteiger partial charge in [-0.05, 0) is 68.1 Å². The van der Waals surface area contributed by atoms with E-state index in [-0.39, 0.29) is 35.9 Å². The number of piperidine rings is 2. The largest absolute Gasteiger partial charge is 0.394 e. The SMILES string of the molecule is N#Cc1ccc(-c2cc(C(=O)N3CCC[C@@H](N)C3)nn2-c2ccc(N3CCC(OCCO)CC3)cc2)cc1F. The quantitative estimate of drug-likeness (QED) is 0.480. The number of nitrogens with two attached hydrogens (primary N) is 1. The van der Waals surface area contributed by atoms with Crippen LogP contribution in [0.3, 0.4) is 0 Å². The molecule has 2 fully saturated rings. The molecule has 0 aliphatic carbocycles. The van der Waals surface area contributed by atoms with Crippen molar-refractivity contribution in [2.75, 3.05) is 44.3 Å². The Morgan fingerprint density at radius 2 is 1.85 bits per heavy atom. The molecule has 3 aromatic rings. The van der Waals surface area contributed by atoms with Gasteiger partial charge in [-0.2, -0.15) is 10.4 Å². The van der Waals surface area contributed by atoms with Gasteiger partial charge >= 0.3 is 0 Å². The molecule has 10 heteroatoms. The number of aliphatic hydroxyl groups is 1. The normalized spacial score (nSPS) is 18.3. The topological polar surface area (TPSA) is 121 Å². The third-order valence-corrected chi connectivity index (χ3v) is 7.41. The number of aromatic nitrogens is 2. The van der Waals surface area contributed by atoms with Crippen molar-refractivity contribution < 1.29 is 19.0 Å². The number of anilines is 1. The average Bonchev–Trinajstić information content (AvgIpc) is 3.41. The van der Waals surface area contributed by atoms with E-state index < -0.39 is 5.82 Å². The maximum absolute atomic E-state index is 14.6. The first kappa shape index (κ1) is 26.8. The van der Waals surface area contributed by atoms with Crippen LogP contribution in [0.1, 0.15) is 41.7 Å². The van der Waals surface area contributed by atoms with Crippen LogP contribution < -0.4 is 10.6 Å². The molecule has 1 amide bonds. The van der Waals surface area contributed by atoms with E-state index in [9.17, 15) is 9.18 Å². The van der Waals surface area contributed by atoms with Crippen molar-refractivity contribution in [3.8, 4) is 23.0 Å². The molecule has 204 valence electrons. The molecule has 0 unspecified atom stereocenters. The number of halogens is 1. The van der Waals surface area contributed by atoms with Crippen molar-refractivity contribution in [1.29, 1.82) is 5.26 Å². The molecule has 1 atom stereocenters. The zero-order valence-corrected chi connectivity index (χ0v) is 21.8. The fourth-order valence-corrected chi connectivity index (χ4v) is 5.31. The monoisotopic (exact) mass is 532 g/mol. The summed E-state index contributed by atoms with van der Waals surface area (Å²) in [5.41, 5.74) is 9.18. The summed E-state index contributed by atoms with van der Waals surface area (Å²) in [6.45, 7) is 3.20. The molecule has 1 aromatic heterocycles. The molecular weight excluding hydrogens is 499 g/mol. The number of amides is 1. The molecule has 9 nitrogen and oxygen atoms in total. The van der Waals surface area contributed by atoms with Crippen molar-refractivity contribution in [3.05, 3.63) is 65.6 Å². The average molecular weight is 533 g/mol. The van der Waals surface area contributed by atoms with E-state index in [1.165, 1.54) is 12.1 Å². The number of carbonyl (C=O) groups is 1. The zero-order chi connectivity index (χ0) is 27.4. The number of hydrogen-bond donors (Lipinski definition) is 2. The van der Waals surface area contributed by atoms with Crippen molar-refractivity contribution in [3.63, 3.8) is 0 Å². The molecule has 0 spiro atoms. The minimum absolute atomic E-state index is 0.0328. The Bertz CT molecular complexity index is 1340. The fraction of sp³-hybridized carbons (Fsp3) is 0.414. The minimum atomic E-state index is -0.626. The standard InChI is InChI=1S/C29H33FN6O3/c30-26-16-20(3-4-21(26)18-31)28-17-27(29(38)35-11-1-2-22(32)19-35)33-36(28)24-7-5-23(6-8-24)34-12-9-25(10-13-34)39-15-14-37/h3-8,16-17,22,25,37H,1-2,9-15,19,32H2/t22-/m1/s1. The highest BCUT2D eigenvalue weighted by atomic mass is 19.1. The van der Waals surface area contributed by atoms with Crippen LogP contribution in [0.5, 0.6) is 0 Å². The first-order valence-corrected chi connectivity index (χ1v) is 13.4. The summed E-state index contributed by atoms with van der Waals surface area (Å²) < 4.78 is 21.9. The summed E-state index contributed by atoms with van der Waals surface area (Å²) in [7, 11) is 0. The fourth-order valence-electron chi connectivity index (χ4n) is 5.31. The molecule has 0 saturated carbocycles. The van der Waals surface area contributed by atoms with E-state index >= 15 is 0 Å². The number of hydrogen-bond acceptors (Lipinski definition) is 7. The summed E-state index contributed by atoms with van der Waals surface area (Å²) in [6, 6.07) is 15.8. The van der Waals surface area contributed by atoms with Gasteiger partial charge in [0.1, 0.15) is 11.9 Å². The number of nitrogens with zero attached hydrogens (tertiary/aromatic N) is 5. The summed E-state index contributed by atoms with van der Waals surface area (Å²) in [6.07, 6.45) is 3.67. The van der Waals surface area contributed by atoms with E-state index in [0.717, 1.165) is 50.1 Å². The lowest BCUT2D eigenvalue weighted by Gasteiger charge is -2.33. The van der Waals surface area contributed by atoms with Crippen LogP contribution in [-0.4, -0.2) is 77.2 Å². The second-order valence-electron chi connectivity index (χ2n) is 10.1. The molecule has 0 radical (unpaired) electrons. The Kier molecular flexibility index (Phi) is 8.21. The lowest BCUT2D eigenvalue weighted by molar-refractivity contribution is 0.0159. The first-order valence-electron chi connectivity index (χ1n) is 13.4. The van der Waals surface area contributed by atoms with Crippen LogP contribution in [0, 0.1) is 17.1 Å². The van der Waals surface area contributed by atoms with Gasteiger partial charge in [0.15, 0.2) is 5.69 Å². The van der Waals surface area contributed by atoms with E-state index in [1.54, 1.807) is 21.7 Å². The number of ether oxygens (including phenoxy) is 1. The van der Waals surface area contributed by atoms with Gasteiger partial charge in [0.2, 0.25) is 0 Å². The Hall–Kier alpha value is -3.78. The summed E-state index contributed by atoms with van der Waals surface area (Å²) >= 11 is 0. The van der Waals surface area contributed by atoms with Crippen LogP contribution >= 0.6 is 0 Å². The van der Waals surface area contributed by atoms with Gasteiger partial charge in [0.25, 0.3) is 5.91 Å². The van der Waals surface area contributed by atoms with Crippen LogP contribution in [0.15, 0.2) is 48.5 Å². The van der Waals surface area contributed by atoms with Gasteiger partial charge in [-0.15, -0.1) is 0 Å². The lowest BCUT2D eigenvalue weighted by Crippen LogP contribution is -2.45. The molecule has 5 rings (SSSR count). The molecule has 2 saturated heterocycles. The van der Waals surface area contributed by atoms with Gasteiger partial charge in [0, 0.05) is 43.5 Å². The predicted molar refractivity (Wildman–Crippen MR) is 145 cm³/mol. The maximum atomic E-state index is 14.6. The van der Waals surface area contributed by atoms with Gasteiger partial charge < -0.3 is 25.4 Å². The molecule has 0 bridgehead atoms. The number of benzene rings is 2. The Labute approximate surface area is 227 Å². The van der Waals surface area contributed by atoms with Crippen molar-refractivity contribution >= 4 is 11.6 Å². The number of rotatable bonds is 7. The zero-order valence-electron chi connectivity index (χ0n) is 21.8. The highest BCUT2D eigenvalue weighted by molar-refractivity contribution is 5.93. The van der Waals surface area contributed by atoms with Crippen molar-refractivity contribution in [1.82, 2.24) is 14.7 Å². The van der Waals surface area contributed by atoms with E-state index in [2.05, 4.69) is 10.00 Å². The number of nitriles is 1. The number of aliphatic hydroxyl groups excluding tert-OH is 1. The third kappa shape index (κ3) is 5.96. The molecule has 2 aromatic carbocycles. The predicted octanol–water partition coefficient (Wildman–Crippen LogP) is 3.09. The summed E-state index contributed by atoms with van der Waals surface area (Å²) in [5, 5.41) is 22.8.